The molecule has 2 aromatic rings. The molecule has 0 aliphatic rings. The maximum absolute atomic E-state index is 13.6. The highest BCUT2D eigenvalue weighted by Crippen LogP contribution is 2.57. The lowest BCUT2D eigenvalue weighted by molar-refractivity contribution is 0.0161. The molecule has 0 radical (unpaired) electrons. The summed E-state index contributed by atoms with van der Waals surface area (Å²) in [5, 5.41) is 0. The Morgan fingerprint density at radius 1 is 0.875 bits per heavy atom. The highest BCUT2D eigenvalue weighted by Gasteiger charge is 2.50. The summed E-state index contributed by atoms with van der Waals surface area (Å²) in [4.78, 5) is 2.07. The second-order valence-electron chi connectivity index (χ2n) is 8.78. The first kappa shape index (κ1) is 26.7. The summed E-state index contributed by atoms with van der Waals surface area (Å²) in [5.74, 6) is -1.36. The number of nitrogens with zero attached hydrogens (tertiary/aromatic N) is 1. The van der Waals surface area contributed by atoms with Crippen LogP contribution in [0.3, 0.4) is 0 Å². The van der Waals surface area contributed by atoms with Gasteiger partial charge in [-0.25, -0.2) is 0 Å². The van der Waals surface area contributed by atoms with Crippen LogP contribution in [-0.2, 0) is 41.0 Å². The van der Waals surface area contributed by atoms with Crippen molar-refractivity contribution in [3.05, 3.63) is 71.8 Å². The Balaban J connectivity index is 2.64. The smallest absolute Gasteiger partial charge is 0.310 e. The zero-order valence-electron chi connectivity index (χ0n) is 19.6. The Morgan fingerprint density at radius 2 is 1.28 bits per heavy atom. The molecule has 9 heteroatoms. The number of hydrogen-bond acceptors (Lipinski definition) is 7. The van der Waals surface area contributed by atoms with Crippen molar-refractivity contribution >= 4 is 17.7 Å². The topological polar surface area (TPSA) is 82.1 Å². The van der Waals surface area contributed by atoms with Crippen LogP contribution in [0.1, 0.15) is 31.9 Å². The second-order valence-corrected chi connectivity index (χ2v) is 12.7. The molecule has 2 atom stereocenters. The van der Waals surface area contributed by atoms with Crippen molar-refractivity contribution in [1.29, 1.82) is 0 Å². The van der Waals surface area contributed by atoms with Gasteiger partial charge in [0.05, 0.1) is 12.3 Å². The van der Waals surface area contributed by atoms with Crippen LogP contribution in [0, 0.1) is 5.41 Å². The van der Waals surface area contributed by atoms with Gasteiger partial charge in [-0.2, -0.15) is 8.42 Å². The largest absolute Gasteiger partial charge is 0.361 e. The van der Waals surface area contributed by atoms with Crippen molar-refractivity contribution in [2.45, 2.75) is 45.7 Å². The molecule has 0 saturated carbocycles. The lowest BCUT2D eigenvalue weighted by atomic mass is 9.85. The van der Waals surface area contributed by atoms with Crippen LogP contribution in [-0.4, -0.2) is 45.7 Å². The Kier molecular flexibility index (Phi) is 9.23. The highest BCUT2D eigenvalue weighted by atomic mass is 32.2. The van der Waals surface area contributed by atoms with Gasteiger partial charge >= 0.3 is 7.60 Å². The molecule has 0 aliphatic carbocycles. The molecule has 0 fully saturated rings. The highest BCUT2D eigenvalue weighted by molar-refractivity contribution is 7.86. The van der Waals surface area contributed by atoms with Gasteiger partial charge in [-0.05, 0) is 16.5 Å². The van der Waals surface area contributed by atoms with Gasteiger partial charge in [0.15, 0.2) is 5.85 Å². The van der Waals surface area contributed by atoms with E-state index in [0.717, 1.165) is 17.4 Å². The van der Waals surface area contributed by atoms with E-state index >= 15 is 0 Å². The zero-order valence-corrected chi connectivity index (χ0v) is 21.3. The Bertz CT molecular complexity index is 943. The molecule has 7 nitrogen and oxygen atoms in total. The first-order valence-corrected chi connectivity index (χ1v) is 13.7. The van der Waals surface area contributed by atoms with Gasteiger partial charge in [-0.3, -0.25) is 13.6 Å². The van der Waals surface area contributed by atoms with E-state index in [1.165, 1.54) is 14.2 Å². The van der Waals surface area contributed by atoms with Crippen LogP contribution in [0.4, 0.5) is 0 Å². The first-order valence-electron chi connectivity index (χ1n) is 10.3. The molecule has 0 N–H and O–H groups in total. The SMILES string of the molecule is COP(=O)(OC)[C@@H](OS(C)(=O)=O)[C@@H](N(Cc1ccccc1)Cc1ccccc1)C(C)(C)C. The number of hydrogen-bond donors (Lipinski definition) is 0. The average Bonchev–Trinajstić information content (AvgIpc) is 2.72. The number of rotatable bonds is 11. The predicted octanol–water partition coefficient (Wildman–Crippen LogP) is 4.89. The molecule has 0 amide bonds. The summed E-state index contributed by atoms with van der Waals surface area (Å²) in [6.07, 6.45) is 0.939. The zero-order chi connectivity index (χ0) is 24.0. The molecule has 0 heterocycles. The first-order chi connectivity index (χ1) is 14.9. The van der Waals surface area contributed by atoms with Crippen molar-refractivity contribution in [3.8, 4) is 0 Å². The average molecular weight is 484 g/mol. The molecule has 178 valence electrons. The van der Waals surface area contributed by atoms with Crippen LogP contribution >= 0.6 is 7.60 Å². The Morgan fingerprint density at radius 3 is 1.59 bits per heavy atom. The van der Waals surface area contributed by atoms with E-state index in [1.807, 2.05) is 81.4 Å². The minimum Gasteiger partial charge on any atom is -0.310 e. The van der Waals surface area contributed by atoms with E-state index < -0.39 is 35.0 Å². The fraction of sp³-hybridized carbons (Fsp3) is 0.478. The van der Waals surface area contributed by atoms with Crippen molar-refractivity contribution in [1.82, 2.24) is 4.90 Å². The van der Waals surface area contributed by atoms with Gasteiger partial charge in [-0.1, -0.05) is 81.4 Å². The van der Waals surface area contributed by atoms with Crippen LogP contribution in [0.15, 0.2) is 60.7 Å². The van der Waals surface area contributed by atoms with Gasteiger partial charge in [0.2, 0.25) is 0 Å². The Labute approximate surface area is 192 Å². The molecule has 0 aliphatic heterocycles. The molecule has 0 saturated heterocycles. The van der Waals surface area contributed by atoms with Crippen LogP contribution in [0.5, 0.6) is 0 Å². The quantitative estimate of drug-likeness (QED) is 0.332. The summed E-state index contributed by atoms with van der Waals surface area (Å²) >= 11 is 0. The lowest BCUT2D eigenvalue weighted by Gasteiger charge is -2.45. The normalized spacial score (nSPS) is 15.0. The minimum absolute atomic E-state index is 0.481. The third kappa shape index (κ3) is 7.51. The summed E-state index contributed by atoms with van der Waals surface area (Å²) in [5.41, 5.74) is 1.51. The monoisotopic (exact) mass is 483 g/mol. The molecule has 32 heavy (non-hydrogen) atoms. The number of benzene rings is 2. The van der Waals surface area contributed by atoms with Crippen molar-refractivity contribution in [2.75, 3.05) is 20.5 Å². The second kappa shape index (κ2) is 11.1. The van der Waals surface area contributed by atoms with Crippen LogP contribution < -0.4 is 0 Å². The Hall–Kier alpha value is -1.54. The summed E-state index contributed by atoms with van der Waals surface area (Å²) in [6.45, 7) is 6.82. The van der Waals surface area contributed by atoms with Crippen molar-refractivity contribution < 1.29 is 26.2 Å². The van der Waals surface area contributed by atoms with E-state index in [0.29, 0.717) is 13.1 Å². The van der Waals surface area contributed by atoms with E-state index in [2.05, 4.69) is 4.90 Å². The molecule has 0 bridgehead atoms. The third-order valence-electron chi connectivity index (χ3n) is 5.10. The summed E-state index contributed by atoms with van der Waals surface area (Å²) in [6, 6.07) is 19.0. The fourth-order valence-electron chi connectivity index (χ4n) is 3.78. The predicted molar refractivity (Wildman–Crippen MR) is 127 cm³/mol. The van der Waals surface area contributed by atoms with Gasteiger partial charge in [0, 0.05) is 27.3 Å². The maximum Gasteiger partial charge on any atom is 0.361 e. The van der Waals surface area contributed by atoms with Crippen LogP contribution in [0.25, 0.3) is 0 Å². The van der Waals surface area contributed by atoms with Gasteiger partial charge in [0.25, 0.3) is 10.1 Å². The molecule has 2 rings (SSSR count). The van der Waals surface area contributed by atoms with E-state index in [-0.39, 0.29) is 0 Å². The van der Waals surface area contributed by atoms with Gasteiger partial charge in [-0.15, -0.1) is 0 Å². The lowest BCUT2D eigenvalue weighted by Crippen LogP contribution is -2.52. The van der Waals surface area contributed by atoms with Crippen molar-refractivity contribution in [3.63, 3.8) is 0 Å². The molecule has 0 spiro atoms. The molecule has 0 aromatic heterocycles. The van der Waals surface area contributed by atoms with E-state index in [4.69, 9.17) is 13.2 Å². The maximum atomic E-state index is 13.6. The summed E-state index contributed by atoms with van der Waals surface area (Å²) < 4.78 is 53.9. The van der Waals surface area contributed by atoms with Crippen molar-refractivity contribution in [2.24, 2.45) is 5.41 Å². The molecule has 2 aromatic carbocycles. The molecular formula is C23H34NO6PS. The van der Waals surface area contributed by atoms with Crippen LogP contribution in [0.2, 0.25) is 0 Å². The minimum atomic E-state index is -3.97. The molecular weight excluding hydrogens is 449 g/mol. The fourth-order valence-corrected chi connectivity index (χ4v) is 6.68. The molecule has 0 unspecified atom stereocenters. The standard InChI is InChI=1S/C23H34NO6PS/c1-23(2,3)21(22(30-32(6,26)27)31(25,28-4)29-5)24(17-19-13-9-7-10-14-19)18-20-15-11-8-12-16-20/h7-16,21-22H,17-18H2,1-6H3/t21-,22-/m1/s1. The summed E-state index contributed by atoms with van der Waals surface area (Å²) in [7, 11) is -5.44. The third-order valence-corrected chi connectivity index (χ3v) is 7.83. The van der Waals surface area contributed by atoms with E-state index in [1.54, 1.807) is 0 Å². The van der Waals surface area contributed by atoms with Gasteiger partial charge in [0.1, 0.15) is 0 Å². The van der Waals surface area contributed by atoms with Gasteiger partial charge < -0.3 is 9.05 Å². The van der Waals surface area contributed by atoms with E-state index in [9.17, 15) is 13.0 Å².